The minimum Gasteiger partial charge on any atom is -0.393 e. The number of likely N-dealkylation sites (tertiary alicyclic amines) is 1. The second-order valence-electron chi connectivity index (χ2n) is 5.18. The summed E-state index contributed by atoms with van der Waals surface area (Å²) in [7, 11) is 0. The summed E-state index contributed by atoms with van der Waals surface area (Å²) < 4.78 is 0. The lowest BCUT2D eigenvalue weighted by Crippen LogP contribution is -2.40. The maximum absolute atomic E-state index is 9.54. The van der Waals surface area contributed by atoms with E-state index in [1.54, 1.807) is 0 Å². The van der Waals surface area contributed by atoms with Crippen molar-refractivity contribution >= 4 is 0 Å². The second kappa shape index (κ2) is 8.08. The molecule has 0 bridgehead atoms. The molecule has 0 amide bonds. The Morgan fingerprint density at radius 2 is 2.12 bits per heavy atom. The first-order chi connectivity index (χ1) is 7.77. The van der Waals surface area contributed by atoms with Crippen LogP contribution in [0, 0.1) is 0 Å². The Morgan fingerprint density at radius 3 is 2.81 bits per heavy atom. The Morgan fingerprint density at radius 1 is 1.31 bits per heavy atom. The van der Waals surface area contributed by atoms with Crippen LogP contribution in [0.5, 0.6) is 0 Å². The van der Waals surface area contributed by atoms with Crippen molar-refractivity contribution in [2.45, 2.75) is 77.4 Å². The summed E-state index contributed by atoms with van der Waals surface area (Å²) in [6, 6.07) is 0.831. The highest BCUT2D eigenvalue weighted by molar-refractivity contribution is 4.76. The Labute approximate surface area is 101 Å². The van der Waals surface area contributed by atoms with Gasteiger partial charge < -0.3 is 10.0 Å². The van der Waals surface area contributed by atoms with Crippen molar-refractivity contribution in [3.63, 3.8) is 0 Å². The molecule has 0 saturated carbocycles. The van der Waals surface area contributed by atoms with Gasteiger partial charge >= 0.3 is 0 Å². The van der Waals surface area contributed by atoms with Gasteiger partial charge in [-0.15, -0.1) is 0 Å². The molecule has 16 heavy (non-hydrogen) atoms. The predicted octanol–water partition coefficient (Wildman–Crippen LogP) is 3.19. The molecule has 1 N–H and O–H groups in total. The molecule has 1 fully saturated rings. The van der Waals surface area contributed by atoms with Gasteiger partial charge in [-0.1, -0.05) is 26.7 Å². The van der Waals surface area contributed by atoms with Gasteiger partial charge in [0.1, 0.15) is 0 Å². The SMILES string of the molecule is CCCC1CCCCN1CCCC(O)CC. The highest BCUT2D eigenvalue weighted by Gasteiger charge is 2.20. The standard InChI is InChI=1S/C14H29NO/c1-3-8-13-9-5-6-11-15(13)12-7-10-14(16)4-2/h13-14,16H,3-12H2,1-2H3. The number of hydrogen-bond donors (Lipinski definition) is 1. The zero-order valence-corrected chi connectivity index (χ0v) is 11.1. The molecule has 1 aliphatic heterocycles. The number of aliphatic hydroxyl groups excluding tert-OH is 1. The number of piperidine rings is 1. The molecule has 1 aliphatic rings. The number of hydrogen-bond acceptors (Lipinski definition) is 2. The Balaban J connectivity index is 2.21. The zero-order chi connectivity index (χ0) is 11.8. The lowest BCUT2D eigenvalue weighted by molar-refractivity contribution is 0.117. The summed E-state index contributed by atoms with van der Waals surface area (Å²) in [5, 5.41) is 9.54. The van der Waals surface area contributed by atoms with Crippen molar-refractivity contribution in [3.05, 3.63) is 0 Å². The van der Waals surface area contributed by atoms with E-state index in [9.17, 15) is 5.11 Å². The summed E-state index contributed by atoms with van der Waals surface area (Å²) in [6.07, 6.45) is 9.81. The van der Waals surface area contributed by atoms with Crippen molar-refractivity contribution in [1.29, 1.82) is 0 Å². The highest BCUT2D eigenvalue weighted by Crippen LogP contribution is 2.21. The predicted molar refractivity (Wildman–Crippen MR) is 69.7 cm³/mol. The van der Waals surface area contributed by atoms with E-state index >= 15 is 0 Å². The van der Waals surface area contributed by atoms with E-state index in [4.69, 9.17) is 0 Å². The van der Waals surface area contributed by atoms with Gasteiger partial charge in [0, 0.05) is 6.04 Å². The van der Waals surface area contributed by atoms with Crippen LogP contribution < -0.4 is 0 Å². The van der Waals surface area contributed by atoms with Gasteiger partial charge in [0.2, 0.25) is 0 Å². The largest absolute Gasteiger partial charge is 0.393 e. The number of nitrogens with zero attached hydrogens (tertiary/aromatic N) is 1. The summed E-state index contributed by atoms with van der Waals surface area (Å²) in [6.45, 7) is 6.83. The number of rotatable bonds is 7. The Bertz CT molecular complexity index is 170. The second-order valence-corrected chi connectivity index (χ2v) is 5.18. The first kappa shape index (κ1) is 14.0. The van der Waals surface area contributed by atoms with E-state index in [0.717, 1.165) is 25.3 Å². The van der Waals surface area contributed by atoms with E-state index in [1.807, 2.05) is 0 Å². The van der Waals surface area contributed by atoms with Gasteiger partial charge in [0.05, 0.1) is 6.10 Å². The van der Waals surface area contributed by atoms with E-state index in [1.165, 1.54) is 45.2 Å². The fourth-order valence-electron chi connectivity index (χ4n) is 2.75. The Kier molecular flexibility index (Phi) is 7.06. The zero-order valence-electron chi connectivity index (χ0n) is 11.1. The van der Waals surface area contributed by atoms with Crippen LogP contribution >= 0.6 is 0 Å². The molecular formula is C14H29NO. The molecule has 0 aliphatic carbocycles. The van der Waals surface area contributed by atoms with E-state index in [2.05, 4.69) is 18.7 Å². The molecule has 96 valence electrons. The molecular weight excluding hydrogens is 198 g/mol. The normalized spacial score (nSPS) is 24.6. The lowest BCUT2D eigenvalue weighted by atomic mass is 9.97. The molecule has 2 unspecified atom stereocenters. The van der Waals surface area contributed by atoms with Crippen LogP contribution in [-0.4, -0.2) is 35.2 Å². The molecule has 1 heterocycles. The average molecular weight is 227 g/mol. The van der Waals surface area contributed by atoms with Crippen LogP contribution in [0.4, 0.5) is 0 Å². The third-order valence-electron chi connectivity index (χ3n) is 3.82. The van der Waals surface area contributed by atoms with Crippen molar-refractivity contribution in [2.75, 3.05) is 13.1 Å². The minimum atomic E-state index is -0.0746. The molecule has 2 atom stereocenters. The maximum atomic E-state index is 9.54. The van der Waals surface area contributed by atoms with Gasteiger partial charge in [-0.3, -0.25) is 0 Å². The topological polar surface area (TPSA) is 23.5 Å². The number of aliphatic hydroxyl groups is 1. The van der Waals surface area contributed by atoms with Crippen LogP contribution in [0.2, 0.25) is 0 Å². The first-order valence-electron chi connectivity index (χ1n) is 7.20. The summed E-state index contributed by atoms with van der Waals surface area (Å²) in [5.41, 5.74) is 0. The quantitative estimate of drug-likeness (QED) is 0.722. The van der Waals surface area contributed by atoms with Gasteiger partial charge in [0.15, 0.2) is 0 Å². The summed E-state index contributed by atoms with van der Waals surface area (Å²) in [5.74, 6) is 0. The fourth-order valence-corrected chi connectivity index (χ4v) is 2.75. The first-order valence-corrected chi connectivity index (χ1v) is 7.20. The maximum Gasteiger partial charge on any atom is 0.0538 e. The minimum absolute atomic E-state index is 0.0746. The monoisotopic (exact) mass is 227 g/mol. The third-order valence-corrected chi connectivity index (χ3v) is 3.82. The van der Waals surface area contributed by atoms with Crippen LogP contribution in [0.3, 0.4) is 0 Å². The summed E-state index contributed by atoms with van der Waals surface area (Å²) >= 11 is 0. The third kappa shape index (κ3) is 4.84. The van der Waals surface area contributed by atoms with Gasteiger partial charge in [0.25, 0.3) is 0 Å². The molecule has 2 nitrogen and oxygen atoms in total. The average Bonchev–Trinajstić information content (AvgIpc) is 2.31. The highest BCUT2D eigenvalue weighted by atomic mass is 16.3. The Hall–Kier alpha value is -0.0800. The van der Waals surface area contributed by atoms with Crippen LogP contribution in [0.15, 0.2) is 0 Å². The lowest BCUT2D eigenvalue weighted by Gasteiger charge is -2.35. The van der Waals surface area contributed by atoms with Crippen molar-refractivity contribution in [2.24, 2.45) is 0 Å². The molecule has 0 aromatic heterocycles. The van der Waals surface area contributed by atoms with Crippen molar-refractivity contribution in [3.8, 4) is 0 Å². The van der Waals surface area contributed by atoms with Crippen LogP contribution in [-0.2, 0) is 0 Å². The molecule has 0 aromatic carbocycles. The van der Waals surface area contributed by atoms with E-state index in [-0.39, 0.29) is 6.10 Å². The smallest absolute Gasteiger partial charge is 0.0538 e. The van der Waals surface area contributed by atoms with Gasteiger partial charge in [-0.2, -0.15) is 0 Å². The molecule has 2 heteroatoms. The summed E-state index contributed by atoms with van der Waals surface area (Å²) in [4.78, 5) is 2.66. The van der Waals surface area contributed by atoms with Crippen LogP contribution in [0.25, 0.3) is 0 Å². The molecule has 0 radical (unpaired) electrons. The van der Waals surface area contributed by atoms with Crippen LogP contribution in [0.1, 0.15) is 65.2 Å². The van der Waals surface area contributed by atoms with Crippen molar-refractivity contribution in [1.82, 2.24) is 4.90 Å². The van der Waals surface area contributed by atoms with Crippen molar-refractivity contribution < 1.29 is 5.11 Å². The molecule has 1 saturated heterocycles. The molecule has 0 aromatic rings. The molecule has 0 spiro atoms. The van der Waals surface area contributed by atoms with E-state index in [0.29, 0.717) is 0 Å². The molecule has 1 rings (SSSR count). The van der Waals surface area contributed by atoms with E-state index < -0.39 is 0 Å². The van der Waals surface area contributed by atoms with Gasteiger partial charge in [-0.05, 0) is 51.6 Å². The fraction of sp³-hybridized carbons (Fsp3) is 1.00. The van der Waals surface area contributed by atoms with Gasteiger partial charge in [-0.25, -0.2) is 0 Å².